The fourth-order valence-corrected chi connectivity index (χ4v) is 0.778. The molecule has 0 saturated carbocycles. The highest BCUT2D eigenvalue weighted by molar-refractivity contribution is 7.98. The molecule has 0 spiro atoms. The number of aromatic nitrogens is 2. The maximum Gasteiger partial charge on any atom is 0.276 e. The minimum absolute atomic E-state index is 0. The van der Waals surface area contributed by atoms with Gasteiger partial charge < -0.3 is 10.2 Å². The number of halogens is 1. The van der Waals surface area contributed by atoms with Gasteiger partial charge in [0.05, 0.1) is 6.04 Å². The Morgan fingerprint density at radius 3 is 2.45 bits per heavy atom. The summed E-state index contributed by atoms with van der Waals surface area (Å²) in [6.45, 7) is 1.80. The van der Waals surface area contributed by atoms with E-state index in [0.29, 0.717) is 11.1 Å². The highest BCUT2D eigenvalue weighted by Crippen LogP contribution is 2.14. The Labute approximate surface area is 75.3 Å². The predicted molar refractivity (Wildman–Crippen MR) is 45.9 cm³/mol. The van der Waals surface area contributed by atoms with Crippen molar-refractivity contribution in [2.24, 2.45) is 5.73 Å². The molecule has 1 unspecified atom stereocenters. The average Bonchev–Trinajstić information content (AvgIpc) is 2.34. The zero-order valence-corrected chi connectivity index (χ0v) is 7.91. The van der Waals surface area contributed by atoms with Crippen molar-refractivity contribution in [3.63, 3.8) is 0 Å². The molecule has 2 N–H and O–H groups in total. The average molecular weight is 196 g/mol. The first-order chi connectivity index (χ1) is 4.74. The van der Waals surface area contributed by atoms with Crippen molar-refractivity contribution < 1.29 is 4.42 Å². The molecule has 1 heterocycles. The van der Waals surface area contributed by atoms with Gasteiger partial charge in [-0.3, -0.25) is 0 Å². The van der Waals surface area contributed by atoms with Crippen molar-refractivity contribution in [3.05, 3.63) is 5.89 Å². The predicted octanol–water partition coefficient (Wildman–Crippen LogP) is 1.23. The summed E-state index contributed by atoms with van der Waals surface area (Å²) < 4.78 is 5.11. The Bertz CT molecular complexity index is 215. The van der Waals surface area contributed by atoms with E-state index in [1.165, 1.54) is 11.8 Å². The largest absolute Gasteiger partial charge is 0.414 e. The molecule has 64 valence electrons. The van der Waals surface area contributed by atoms with Crippen molar-refractivity contribution in [3.8, 4) is 0 Å². The van der Waals surface area contributed by atoms with E-state index in [9.17, 15) is 0 Å². The maximum atomic E-state index is 5.48. The smallest absolute Gasteiger partial charge is 0.276 e. The Morgan fingerprint density at radius 1 is 1.55 bits per heavy atom. The minimum Gasteiger partial charge on any atom is -0.414 e. The van der Waals surface area contributed by atoms with E-state index < -0.39 is 0 Å². The zero-order chi connectivity index (χ0) is 7.56. The van der Waals surface area contributed by atoms with Crippen LogP contribution in [-0.2, 0) is 0 Å². The normalized spacial score (nSPS) is 12.3. The fraction of sp³-hybridized carbons (Fsp3) is 0.600. The molecular formula is C5H10ClN3OS. The molecule has 1 aromatic heterocycles. The number of rotatable bonds is 2. The SMILES string of the molecule is CSc1nnc(C(C)N)o1.Cl. The van der Waals surface area contributed by atoms with Crippen LogP contribution in [0.25, 0.3) is 0 Å². The third-order valence-corrected chi connectivity index (χ3v) is 1.50. The lowest BCUT2D eigenvalue weighted by atomic mass is 10.4. The van der Waals surface area contributed by atoms with Gasteiger partial charge in [0.2, 0.25) is 5.89 Å². The number of nitrogens with zero attached hydrogens (tertiary/aromatic N) is 2. The van der Waals surface area contributed by atoms with Gasteiger partial charge in [0.25, 0.3) is 5.22 Å². The molecule has 0 fully saturated rings. The second-order valence-corrected chi connectivity index (χ2v) is 2.66. The molecule has 0 aliphatic carbocycles. The maximum absolute atomic E-state index is 5.48. The van der Waals surface area contributed by atoms with Crippen molar-refractivity contribution in [2.75, 3.05) is 6.26 Å². The third-order valence-electron chi connectivity index (χ3n) is 0.986. The molecule has 0 radical (unpaired) electrons. The molecule has 1 rings (SSSR count). The molecule has 4 nitrogen and oxygen atoms in total. The summed E-state index contributed by atoms with van der Waals surface area (Å²) in [7, 11) is 0. The Kier molecular flexibility index (Phi) is 4.48. The Morgan fingerprint density at radius 2 is 2.18 bits per heavy atom. The summed E-state index contributed by atoms with van der Waals surface area (Å²) in [5, 5.41) is 8.01. The van der Waals surface area contributed by atoms with Gasteiger partial charge in [-0.15, -0.1) is 22.6 Å². The third kappa shape index (κ3) is 2.69. The number of thioether (sulfide) groups is 1. The van der Waals surface area contributed by atoms with Crippen LogP contribution in [-0.4, -0.2) is 16.5 Å². The van der Waals surface area contributed by atoms with Gasteiger partial charge in [-0.05, 0) is 13.2 Å². The lowest BCUT2D eigenvalue weighted by molar-refractivity contribution is 0.394. The van der Waals surface area contributed by atoms with Crippen molar-refractivity contribution in [1.82, 2.24) is 10.2 Å². The molecular weight excluding hydrogens is 186 g/mol. The summed E-state index contributed by atoms with van der Waals surface area (Å²) in [5.41, 5.74) is 5.48. The van der Waals surface area contributed by atoms with Crippen molar-refractivity contribution >= 4 is 24.2 Å². The van der Waals surface area contributed by atoms with Crippen LogP contribution < -0.4 is 5.73 Å². The number of hydrogen-bond donors (Lipinski definition) is 1. The molecule has 1 aromatic rings. The first kappa shape index (κ1) is 10.7. The van der Waals surface area contributed by atoms with Gasteiger partial charge in [0.15, 0.2) is 0 Å². The highest BCUT2D eigenvalue weighted by Gasteiger charge is 2.07. The topological polar surface area (TPSA) is 64.9 Å². The lowest BCUT2D eigenvalue weighted by Crippen LogP contribution is -2.04. The van der Waals surface area contributed by atoms with E-state index in [-0.39, 0.29) is 18.4 Å². The first-order valence-corrected chi connectivity index (χ1v) is 4.09. The van der Waals surface area contributed by atoms with Crippen molar-refractivity contribution in [1.29, 1.82) is 0 Å². The molecule has 6 heteroatoms. The van der Waals surface area contributed by atoms with E-state index in [0.717, 1.165) is 0 Å². The van der Waals surface area contributed by atoms with E-state index in [2.05, 4.69) is 10.2 Å². The van der Waals surface area contributed by atoms with Crippen LogP contribution in [0.5, 0.6) is 0 Å². The number of nitrogens with two attached hydrogens (primary N) is 1. The monoisotopic (exact) mass is 195 g/mol. The molecule has 0 aliphatic heterocycles. The molecule has 11 heavy (non-hydrogen) atoms. The van der Waals surface area contributed by atoms with Crippen LogP contribution in [0.15, 0.2) is 9.64 Å². The highest BCUT2D eigenvalue weighted by atomic mass is 35.5. The second kappa shape index (κ2) is 4.58. The second-order valence-electron chi connectivity index (χ2n) is 1.90. The summed E-state index contributed by atoms with van der Waals surface area (Å²) in [4.78, 5) is 0. The Balaban J connectivity index is 0.000001000. The van der Waals surface area contributed by atoms with E-state index in [1.54, 1.807) is 6.92 Å². The minimum atomic E-state index is -0.173. The summed E-state index contributed by atoms with van der Waals surface area (Å²) in [6, 6.07) is -0.173. The van der Waals surface area contributed by atoms with Crippen LogP contribution >= 0.6 is 24.2 Å². The van der Waals surface area contributed by atoms with Crippen LogP contribution in [0.2, 0.25) is 0 Å². The van der Waals surface area contributed by atoms with Gasteiger partial charge in [-0.2, -0.15) is 0 Å². The summed E-state index contributed by atoms with van der Waals surface area (Å²) in [6.07, 6.45) is 1.87. The number of hydrogen-bond acceptors (Lipinski definition) is 5. The molecule has 0 amide bonds. The van der Waals surface area contributed by atoms with Crippen LogP contribution in [0.4, 0.5) is 0 Å². The Hall–Kier alpha value is -0.260. The summed E-state index contributed by atoms with van der Waals surface area (Å²) in [5.74, 6) is 0.490. The van der Waals surface area contributed by atoms with Gasteiger partial charge in [-0.1, -0.05) is 11.8 Å². The lowest BCUT2D eigenvalue weighted by Gasteiger charge is -1.93. The van der Waals surface area contributed by atoms with E-state index in [4.69, 9.17) is 10.2 Å². The van der Waals surface area contributed by atoms with Gasteiger partial charge in [0, 0.05) is 0 Å². The van der Waals surface area contributed by atoms with Gasteiger partial charge in [0.1, 0.15) is 0 Å². The zero-order valence-electron chi connectivity index (χ0n) is 6.27. The van der Waals surface area contributed by atoms with E-state index >= 15 is 0 Å². The molecule has 0 saturated heterocycles. The van der Waals surface area contributed by atoms with Gasteiger partial charge >= 0.3 is 0 Å². The fourth-order valence-electron chi connectivity index (χ4n) is 0.487. The molecule has 0 aromatic carbocycles. The van der Waals surface area contributed by atoms with Crippen LogP contribution in [0.1, 0.15) is 18.9 Å². The summed E-state index contributed by atoms with van der Waals surface area (Å²) >= 11 is 1.41. The molecule has 0 bridgehead atoms. The van der Waals surface area contributed by atoms with Crippen LogP contribution in [0.3, 0.4) is 0 Å². The standard InChI is InChI=1S/C5H9N3OS.ClH/c1-3(6)4-7-8-5(9-4)10-2;/h3H,6H2,1-2H3;1H. The van der Waals surface area contributed by atoms with Crippen LogP contribution in [0, 0.1) is 0 Å². The van der Waals surface area contributed by atoms with Crippen molar-refractivity contribution in [2.45, 2.75) is 18.2 Å². The quantitative estimate of drug-likeness (QED) is 0.720. The van der Waals surface area contributed by atoms with E-state index in [1.807, 2.05) is 6.26 Å². The van der Waals surface area contributed by atoms with Gasteiger partial charge in [-0.25, -0.2) is 0 Å². The molecule has 0 aliphatic rings. The molecule has 1 atom stereocenters. The first-order valence-electron chi connectivity index (χ1n) is 2.87.